The second-order valence-corrected chi connectivity index (χ2v) is 4.35. The predicted molar refractivity (Wildman–Crippen MR) is 71.5 cm³/mol. The fourth-order valence-electron chi connectivity index (χ4n) is 1.95. The van der Waals surface area contributed by atoms with Crippen molar-refractivity contribution in [3.63, 3.8) is 0 Å². The Bertz CT molecular complexity index is 668. The maximum Gasteiger partial charge on any atom is 0.153 e. The van der Waals surface area contributed by atoms with Gasteiger partial charge in [0.05, 0.1) is 11.7 Å². The molecule has 3 aromatic rings. The zero-order valence-corrected chi connectivity index (χ0v) is 10.1. The van der Waals surface area contributed by atoms with Gasteiger partial charge in [-0.05, 0) is 24.6 Å². The van der Waals surface area contributed by atoms with Crippen LogP contribution in [0.15, 0.2) is 48.8 Å². The molecule has 0 saturated heterocycles. The van der Waals surface area contributed by atoms with E-state index in [1.54, 1.807) is 6.20 Å². The summed E-state index contributed by atoms with van der Waals surface area (Å²) in [5.74, 6) is 0.806. The maximum atomic E-state index is 5.81. The van der Waals surface area contributed by atoms with Crippen molar-refractivity contribution in [1.29, 1.82) is 0 Å². The van der Waals surface area contributed by atoms with Crippen molar-refractivity contribution in [3.8, 4) is 5.82 Å². The SMILES string of the molecule is C[C@@H](N)c1ccc(-n2ncc3ccccc32)nc1. The summed E-state index contributed by atoms with van der Waals surface area (Å²) in [7, 11) is 0. The first-order chi connectivity index (χ1) is 8.75. The first-order valence-corrected chi connectivity index (χ1v) is 5.90. The highest BCUT2D eigenvalue weighted by Gasteiger charge is 2.06. The molecule has 0 spiro atoms. The zero-order chi connectivity index (χ0) is 12.5. The third-order valence-corrected chi connectivity index (χ3v) is 2.99. The lowest BCUT2D eigenvalue weighted by Gasteiger charge is -2.06. The van der Waals surface area contributed by atoms with Gasteiger partial charge in [-0.1, -0.05) is 24.3 Å². The Kier molecular flexibility index (Phi) is 2.57. The summed E-state index contributed by atoms with van der Waals surface area (Å²) in [6, 6.07) is 12.0. The molecule has 0 bridgehead atoms. The minimum atomic E-state index is 0.000848. The number of pyridine rings is 1. The highest BCUT2D eigenvalue weighted by atomic mass is 15.3. The lowest BCUT2D eigenvalue weighted by molar-refractivity contribution is 0.802. The van der Waals surface area contributed by atoms with Crippen LogP contribution in [0, 0.1) is 0 Å². The summed E-state index contributed by atoms with van der Waals surface area (Å²) in [4.78, 5) is 4.41. The van der Waals surface area contributed by atoms with Gasteiger partial charge in [0.25, 0.3) is 0 Å². The van der Waals surface area contributed by atoms with Crippen LogP contribution in [0.25, 0.3) is 16.7 Å². The molecule has 3 rings (SSSR count). The van der Waals surface area contributed by atoms with E-state index in [-0.39, 0.29) is 6.04 Å². The van der Waals surface area contributed by atoms with Crippen LogP contribution in [0.1, 0.15) is 18.5 Å². The van der Waals surface area contributed by atoms with Crippen LogP contribution in [-0.4, -0.2) is 14.8 Å². The van der Waals surface area contributed by atoms with Gasteiger partial charge in [0.1, 0.15) is 0 Å². The summed E-state index contributed by atoms with van der Waals surface area (Å²) in [6.07, 6.45) is 3.65. The third kappa shape index (κ3) is 1.76. The lowest BCUT2D eigenvalue weighted by Crippen LogP contribution is -2.06. The molecule has 90 valence electrons. The van der Waals surface area contributed by atoms with Crippen LogP contribution in [0.4, 0.5) is 0 Å². The van der Waals surface area contributed by atoms with E-state index in [4.69, 9.17) is 5.73 Å². The van der Waals surface area contributed by atoms with Gasteiger partial charge in [-0.2, -0.15) is 5.10 Å². The molecular weight excluding hydrogens is 224 g/mol. The van der Waals surface area contributed by atoms with Gasteiger partial charge in [-0.15, -0.1) is 0 Å². The minimum Gasteiger partial charge on any atom is -0.324 e. The molecule has 2 aromatic heterocycles. The van der Waals surface area contributed by atoms with Crippen molar-refractivity contribution in [2.45, 2.75) is 13.0 Å². The van der Waals surface area contributed by atoms with Gasteiger partial charge in [0.15, 0.2) is 5.82 Å². The summed E-state index contributed by atoms with van der Waals surface area (Å²) in [5, 5.41) is 5.47. The van der Waals surface area contributed by atoms with Gasteiger partial charge in [-0.25, -0.2) is 9.67 Å². The van der Waals surface area contributed by atoms with Crippen molar-refractivity contribution < 1.29 is 0 Å². The van der Waals surface area contributed by atoms with Gasteiger partial charge in [0, 0.05) is 17.6 Å². The normalized spacial score (nSPS) is 12.8. The Morgan fingerprint density at radius 3 is 2.67 bits per heavy atom. The monoisotopic (exact) mass is 238 g/mol. The number of hydrogen-bond donors (Lipinski definition) is 1. The largest absolute Gasteiger partial charge is 0.324 e. The van der Waals surface area contributed by atoms with Crippen LogP contribution in [0.5, 0.6) is 0 Å². The quantitative estimate of drug-likeness (QED) is 0.746. The molecule has 0 fully saturated rings. The van der Waals surface area contributed by atoms with E-state index in [2.05, 4.69) is 10.1 Å². The summed E-state index contributed by atoms with van der Waals surface area (Å²) >= 11 is 0. The van der Waals surface area contributed by atoms with Gasteiger partial charge >= 0.3 is 0 Å². The first-order valence-electron chi connectivity index (χ1n) is 5.90. The molecule has 2 N–H and O–H groups in total. The Balaban J connectivity index is 2.09. The molecule has 0 aliphatic carbocycles. The summed E-state index contributed by atoms with van der Waals surface area (Å²) in [5.41, 5.74) is 7.89. The minimum absolute atomic E-state index is 0.000848. The molecule has 18 heavy (non-hydrogen) atoms. The molecule has 0 unspecified atom stereocenters. The van der Waals surface area contributed by atoms with E-state index in [0.29, 0.717) is 0 Å². The Morgan fingerprint density at radius 2 is 1.94 bits per heavy atom. The van der Waals surface area contributed by atoms with Gasteiger partial charge < -0.3 is 5.73 Å². The van der Waals surface area contributed by atoms with Crippen LogP contribution >= 0.6 is 0 Å². The van der Waals surface area contributed by atoms with E-state index in [1.165, 1.54) is 0 Å². The zero-order valence-electron chi connectivity index (χ0n) is 10.1. The van der Waals surface area contributed by atoms with Crippen molar-refractivity contribution >= 4 is 10.9 Å². The third-order valence-electron chi connectivity index (χ3n) is 2.99. The van der Waals surface area contributed by atoms with Crippen molar-refractivity contribution in [3.05, 3.63) is 54.4 Å². The fourth-order valence-corrected chi connectivity index (χ4v) is 1.95. The molecule has 0 aliphatic rings. The van der Waals surface area contributed by atoms with E-state index in [1.807, 2.05) is 54.2 Å². The molecule has 1 atom stereocenters. The van der Waals surface area contributed by atoms with E-state index in [0.717, 1.165) is 22.3 Å². The Morgan fingerprint density at radius 1 is 1.11 bits per heavy atom. The van der Waals surface area contributed by atoms with Crippen molar-refractivity contribution in [2.75, 3.05) is 0 Å². The number of nitrogens with zero attached hydrogens (tertiary/aromatic N) is 3. The average molecular weight is 238 g/mol. The molecule has 0 saturated carbocycles. The number of nitrogens with two attached hydrogens (primary N) is 1. The van der Waals surface area contributed by atoms with E-state index in [9.17, 15) is 0 Å². The number of benzene rings is 1. The molecule has 0 radical (unpaired) electrons. The molecule has 4 heteroatoms. The highest BCUT2D eigenvalue weighted by molar-refractivity contribution is 5.79. The molecule has 0 amide bonds. The predicted octanol–water partition coefficient (Wildman–Crippen LogP) is 2.44. The number of aromatic nitrogens is 3. The van der Waals surface area contributed by atoms with Gasteiger partial charge in [0.2, 0.25) is 0 Å². The molecular formula is C14H14N4. The number of para-hydroxylation sites is 1. The second kappa shape index (κ2) is 4.23. The summed E-state index contributed by atoms with van der Waals surface area (Å²) in [6.45, 7) is 1.94. The second-order valence-electron chi connectivity index (χ2n) is 4.35. The molecule has 0 aliphatic heterocycles. The van der Waals surface area contributed by atoms with Crippen LogP contribution in [0.2, 0.25) is 0 Å². The Hall–Kier alpha value is -2.20. The smallest absolute Gasteiger partial charge is 0.153 e. The standard InChI is InChI=1S/C14H14N4/c1-10(15)11-6-7-14(16-8-11)18-13-5-3-2-4-12(13)9-17-18/h2-10H,15H2,1H3/t10-/m1/s1. The Labute approximate surface area is 105 Å². The maximum absolute atomic E-state index is 5.81. The van der Waals surface area contributed by atoms with E-state index >= 15 is 0 Å². The first kappa shape index (κ1) is 10.9. The number of fused-ring (bicyclic) bond motifs is 1. The van der Waals surface area contributed by atoms with Crippen LogP contribution < -0.4 is 5.73 Å². The van der Waals surface area contributed by atoms with Crippen molar-refractivity contribution in [2.24, 2.45) is 5.73 Å². The lowest BCUT2D eigenvalue weighted by atomic mass is 10.1. The van der Waals surface area contributed by atoms with E-state index < -0.39 is 0 Å². The number of rotatable bonds is 2. The summed E-state index contributed by atoms with van der Waals surface area (Å²) < 4.78 is 1.83. The molecule has 2 heterocycles. The topological polar surface area (TPSA) is 56.7 Å². The highest BCUT2D eigenvalue weighted by Crippen LogP contribution is 2.17. The van der Waals surface area contributed by atoms with Gasteiger partial charge in [-0.3, -0.25) is 0 Å². The van der Waals surface area contributed by atoms with Crippen LogP contribution in [0.3, 0.4) is 0 Å². The average Bonchev–Trinajstić information content (AvgIpc) is 2.82. The van der Waals surface area contributed by atoms with Crippen molar-refractivity contribution in [1.82, 2.24) is 14.8 Å². The molecule has 1 aromatic carbocycles. The number of hydrogen-bond acceptors (Lipinski definition) is 3. The fraction of sp³-hybridized carbons (Fsp3) is 0.143. The van der Waals surface area contributed by atoms with Crippen LogP contribution in [-0.2, 0) is 0 Å². The molecule has 4 nitrogen and oxygen atoms in total.